The molecule has 25 heavy (non-hydrogen) atoms. The fourth-order valence-corrected chi connectivity index (χ4v) is 5.30. The van der Waals surface area contributed by atoms with Crippen molar-refractivity contribution in [3.63, 3.8) is 0 Å². The predicted octanol–water partition coefficient (Wildman–Crippen LogP) is 0.442. The largest absolute Gasteiger partial charge is 0.331 e. The molecule has 2 amide bonds. The SMILES string of the molecule is CS(=O)(=O)NC(=O)N1CC2(CCN(S(=O)(=O)c3ccccc3)CC2)C1. The topological polar surface area (TPSA) is 104 Å². The van der Waals surface area contributed by atoms with Gasteiger partial charge in [0.25, 0.3) is 0 Å². The molecule has 0 saturated carbocycles. The minimum Gasteiger partial charge on any atom is -0.323 e. The smallest absolute Gasteiger partial charge is 0.323 e. The molecule has 3 rings (SSSR count). The van der Waals surface area contributed by atoms with E-state index in [1.54, 1.807) is 30.3 Å². The third-order valence-electron chi connectivity index (χ3n) is 4.78. The van der Waals surface area contributed by atoms with E-state index in [-0.39, 0.29) is 10.3 Å². The second-order valence-corrected chi connectivity index (χ2v) is 10.4. The van der Waals surface area contributed by atoms with Crippen LogP contribution in [0.3, 0.4) is 0 Å². The Morgan fingerprint density at radius 3 is 2.12 bits per heavy atom. The molecule has 0 aromatic heterocycles. The van der Waals surface area contributed by atoms with Crippen LogP contribution in [0.1, 0.15) is 12.8 Å². The first-order chi connectivity index (χ1) is 11.6. The van der Waals surface area contributed by atoms with Gasteiger partial charge in [0.2, 0.25) is 20.0 Å². The molecule has 1 spiro atoms. The first kappa shape index (κ1) is 18.2. The van der Waals surface area contributed by atoms with Crippen LogP contribution in [0.5, 0.6) is 0 Å². The van der Waals surface area contributed by atoms with E-state index < -0.39 is 26.1 Å². The van der Waals surface area contributed by atoms with Crippen LogP contribution in [-0.4, -0.2) is 64.5 Å². The van der Waals surface area contributed by atoms with Gasteiger partial charge in [-0.15, -0.1) is 0 Å². The normalized spacial score (nSPS) is 20.9. The van der Waals surface area contributed by atoms with Gasteiger partial charge >= 0.3 is 6.03 Å². The highest BCUT2D eigenvalue weighted by atomic mass is 32.2. The number of benzene rings is 1. The zero-order chi connectivity index (χ0) is 18.3. The van der Waals surface area contributed by atoms with Crippen LogP contribution in [0.25, 0.3) is 0 Å². The van der Waals surface area contributed by atoms with Crippen LogP contribution < -0.4 is 4.72 Å². The Kier molecular flexibility index (Phi) is 4.54. The van der Waals surface area contributed by atoms with Crippen molar-refractivity contribution in [3.8, 4) is 0 Å². The predicted molar refractivity (Wildman–Crippen MR) is 91.8 cm³/mol. The highest BCUT2D eigenvalue weighted by Crippen LogP contribution is 2.41. The fourth-order valence-electron chi connectivity index (χ4n) is 3.39. The maximum Gasteiger partial charge on any atom is 0.331 e. The lowest BCUT2D eigenvalue weighted by Crippen LogP contribution is -2.64. The molecule has 10 heteroatoms. The van der Waals surface area contributed by atoms with Gasteiger partial charge in [-0.2, -0.15) is 4.31 Å². The summed E-state index contributed by atoms with van der Waals surface area (Å²) in [5, 5.41) is 0. The van der Waals surface area contributed by atoms with Gasteiger partial charge in [0, 0.05) is 31.6 Å². The van der Waals surface area contributed by atoms with E-state index in [0.717, 1.165) is 6.26 Å². The number of piperidine rings is 1. The molecule has 1 aromatic carbocycles. The number of likely N-dealkylation sites (tertiary alicyclic amines) is 1. The molecular formula is C15H21N3O5S2. The van der Waals surface area contributed by atoms with Crippen molar-refractivity contribution < 1.29 is 21.6 Å². The zero-order valence-corrected chi connectivity index (χ0v) is 15.5. The van der Waals surface area contributed by atoms with E-state index in [1.165, 1.54) is 9.21 Å². The number of sulfonamides is 2. The number of carbonyl (C=O) groups excluding carboxylic acids is 1. The average Bonchev–Trinajstić information content (AvgIpc) is 2.52. The van der Waals surface area contributed by atoms with Gasteiger partial charge < -0.3 is 4.90 Å². The van der Waals surface area contributed by atoms with Gasteiger partial charge in [-0.3, -0.25) is 0 Å². The number of carbonyl (C=O) groups is 1. The monoisotopic (exact) mass is 387 g/mol. The summed E-state index contributed by atoms with van der Waals surface area (Å²) in [6.07, 6.45) is 2.25. The fraction of sp³-hybridized carbons (Fsp3) is 0.533. The number of rotatable bonds is 3. The van der Waals surface area contributed by atoms with Crippen LogP contribution >= 0.6 is 0 Å². The summed E-state index contributed by atoms with van der Waals surface area (Å²) in [5.41, 5.74) is -0.114. The van der Waals surface area contributed by atoms with Gasteiger partial charge in [0.05, 0.1) is 11.2 Å². The van der Waals surface area contributed by atoms with Gasteiger partial charge in [-0.05, 0) is 25.0 Å². The Hall–Kier alpha value is -1.65. The summed E-state index contributed by atoms with van der Waals surface area (Å²) in [7, 11) is -7.06. The van der Waals surface area contributed by atoms with Crippen LogP contribution in [0.15, 0.2) is 35.2 Å². The molecule has 0 radical (unpaired) electrons. The summed E-state index contributed by atoms with van der Waals surface area (Å²) < 4.78 is 50.9. The minimum absolute atomic E-state index is 0.114. The molecule has 2 fully saturated rings. The second kappa shape index (κ2) is 6.26. The van der Waals surface area contributed by atoms with Crippen LogP contribution in [0, 0.1) is 5.41 Å². The standard InChI is InChI=1S/C15H21N3O5S2/c1-24(20,21)16-14(19)17-11-15(12-17)7-9-18(10-8-15)25(22,23)13-5-3-2-4-6-13/h2-6H,7-12H2,1H3,(H,16,19). The Balaban J connectivity index is 1.58. The number of urea groups is 1. The van der Waals surface area contributed by atoms with Crippen LogP contribution in [0.4, 0.5) is 4.79 Å². The summed E-state index contributed by atoms with van der Waals surface area (Å²) in [5.74, 6) is 0. The first-order valence-corrected chi connectivity index (χ1v) is 11.3. The summed E-state index contributed by atoms with van der Waals surface area (Å²) in [6.45, 7) is 1.71. The average molecular weight is 387 g/mol. The minimum atomic E-state index is -3.57. The molecule has 2 heterocycles. The molecule has 0 aliphatic carbocycles. The summed E-state index contributed by atoms with van der Waals surface area (Å²) in [4.78, 5) is 13.5. The molecule has 138 valence electrons. The van der Waals surface area contributed by atoms with Crippen molar-refractivity contribution in [1.82, 2.24) is 13.9 Å². The highest BCUT2D eigenvalue weighted by Gasteiger charge is 2.48. The van der Waals surface area contributed by atoms with Gasteiger partial charge in [-0.25, -0.2) is 26.4 Å². The number of hydrogen-bond donors (Lipinski definition) is 1. The Morgan fingerprint density at radius 1 is 1.04 bits per heavy atom. The number of nitrogens with one attached hydrogen (secondary N) is 1. The molecule has 1 N–H and O–H groups in total. The first-order valence-electron chi connectivity index (χ1n) is 7.93. The Bertz CT molecular complexity index is 852. The molecule has 2 saturated heterocycles. The Labute approximate surface area is 147 Å². The number of amides is 2. The molecule has 0 unspecified atom stereocenters. The van der Waals surface area contributed by atoms with E-state index >= 15 is 0 Å². The van der Waals surface area contributed by atoms with Gasteiger partial charge in [0.15, 0.2) is 0 Å². The van der Waals surface area contributed by atoms with Crippen molar-refractivity contribution >= 4 is 26.1 Å². The molecule has 2 aliphatic heterocycles. The lowest BCUT2D eigenvalue weighted by Gasteiger charge is -2.53. The Morgan fingerprint density at radius 2 is 1.60 bits per heavy atom. The molecule has 2 aliphatic rings. The van der Waals surface area contributed by atoms with Crippen molar-refractivity contribution in [2.24, 2.45) is 5.41 Å². The number of hydrogen-bond acceptors (Lipinski definition) is 5. The molecule has 0 atom stereocenters. The lowest BCUT2D eigenvalue weighted by molar-refractivity contribution is -0.00552. The lowest BCUT2D eigenvalue weighted by atomic mass is 9.72. The molecule has 1 aromatic rings. The third-order valence-corrected chi connectivity index (χ3v) is 7.23. The van der Waals surface area contributed by atoms with Crippen molar-refractivity contribution in [1.29, 1.82) is 0 Å². The molecule has 8 nitrogen and oxygen atoms in total. The van der Waals surface area contributed by atoms with Gasteiger partial charge in [0.1, 0.15) is 0 Å². The second-order valence-electron chi connectivity index (χ2n) is 6.75. The van der Waals surface area contributed by atoms with E-state index in [2.05, 4.69) is 0 Å². The van der Waals surface area contributed by atoms with Crippen LogP contribution in [0.2, 0.25) is 0 Å². The van der Waals surface area contributed by atoms with Gasteiger partial charge in [-0.1, -0.05) is 18.2 Å². The quantitative estimate of drug-likeness (QED) is 0.811. The van der Waals surface area contributed by atoms with E-state index in [1.807, 2.05) is 4.72 Å². The third kappa shape index (κ3) is 3.80. The van der Waals surface area contributed by atoms with E-state index in [0.29, 0.717) is 39.0 Å². The molecular weight excluding hydrogens is 366 g/mol. The maximum atomic E-state index is 12.6. The summed E-state index contributed by atoms with van der Waals surface area (Å²) >= 11 is 0. The van der Waals surface area contributed by atoms with Crippen LogP contribution in [-0.2, 0) is 20.0 Å². The van der Waals surface area contributed by atoms with Crippen molar-refractivity contribution in [3.05, 3.63) is 30.3 Å². The zero-order valence-electron chi connectivity index (χ0n) is 13.9. The highest BCUT2D eigenvalue weighted by molar-refractivity contribution is 7.89. The van der Waals surface area contributed by atoms with Crippen molar-refractivity contribution in [2.45, 2.75) is 17.7 Å². The maximum absolute atomic E-state index is 12.6. The summed E-state index contributed by atoms with van der Waals surface area (Å²) in [6, 6.07) is 7.72. The number of nitrogens with zero attached hydrogens (tertiary/aromatic N) is 2. The van der Waals surface area contributed by atoms with E-state index in [4.69, 9.17) is 0 Å². The van der Waals surface area contributed by atoms with Crippen molar-refractivity contribution in [2.75, 3.05) is 32.4 Å². The van der Waals surface area contributed by atoms with E-state index in [9.17, 15) is 21.6 Å². The molecule has 0 bridgehead atoms.